The summed E-state index contributed by atoms with van der Waals surface area (Å²) in [4.78, 5) is 12.1. The van der Waals surface area contributed by atoms with E-state index >= 15 is 0 Å². The van der Waals surface area contributed by atoms with Gasteiger partial charge in [-0.2, -0.15) is 0 Å². The average Bonchev–Trinajstić information content (AvgIpc) is 2.80. The molecule has 0 aromatic heterocycles. The Morgan fingerprint density at radius 3 is 2.94 bits per heavy atom. The number of alkyl halides is 1. The van der Waals surface area contributed by atoms with E-state index in [4.69, 9.17) is 16.3 Å². The van der Waals surface area contributed by atoms with Gasteiger partial charge in [0, 0.05) is 18.0 Å². The van der Waals surface area contributed by atoms with Crippen LogP contribution in [0.1, 0.15) is 25.3 Å². The van der Waals surface area contributed by atoms with Gasteiger partial charge < -0.3 is 10.1 Å². The number of hydrogen-bond donors (Lipinski definition) is 1. The van der Waals surface area contributed by atoms with Crippen molar-refractivity contribution in [3.8, 4) is 5.75 Å². The second kappa shape index (κ2) is 5.19. The zero-order chi connectivity index (χ0) is 13.2. The fraction of sp³-hybridized carbons (Fsp3) is 0.500. The van der Waals surface area contributed by atoms with Gasteiger partial charge in [0.1, 0.15) is 18.3 Å². The van der Waals surface area contributed by atoms with Crippen LogP contribution in [0.5, 0.6) is 5.75 Å². The van der Waals surface area contributed by atoms with Crippen molar-refractivity contribution < 1.29 is 9.53 Å². The Bertz CT molecular complexity index is 445. The molecule has 98 valence electrons. The molecule has 1 N–H and O–H groups in total. The third kappa shape index (κ3) is 2.78. The van der Waals surface area contributed by atoms with E-state index in [-0.39, 0.29) is 17.2 Å². The molecular weight excluding hydrogens is 250 g/mol. The average molecular weight is 268 g/mol. The number of amides is 1. The van der Waals surface area contributed by atoms with Gasteiger partial charge in [-0.3, -0.25) is 4.79 Å². The number of carbonyl (C=O) groups is 1. The van der Waals surface area contributed by atoms with Crippen molar-refractivity contribution in [1.29, 1.82) is 0 Å². The maximum atomic E-state index is 12.1. The van der Waals surface area contributed by atoms with E-state index in [1.54, 1.807) is 0 Å². The van der Waals surface area contributed by atoms with Gasteiger partial charge in [-0.1, -0.05) is 32.0 Å². The van der Waals surface area contributed by atoms with Crippen LogP contribution >= 0.6 is 11.6 Å². The lowest BCUT2D eigenvalue weighted by atomic mass is 9.95. The van der Waals surface area contributed by atoms with Gasteiger partial charge in [0.25, 0.3) is 0 Å². The second-order valence-electron chi connectivity index (χ2n) is 5.42. The SMILES string of the molecule is CC(C)(CCl)CNC(=O)C1COc2ccccc21. The summed E-state index contributed by atoms with van der Waals surface area (Å²) in [6.07, 6.45) is 0. The Kier molecular flexibility index (Phi) is 3.81. The summed E-state index contributed by atoms with van der Waals surface area (Å²) in [7, 11) is 0. The summed E-state index contributed by atoms with van der Waals surface area (Å²) in [6, 6.07) is 7.68. The van der Waals surface area contributed by atoms with Gasteiger partial charge in [-0.05, 0) is 11.5 Å². The normalized spacial score (nSPS) is 18.1. The van der Waals surface area contributed by atoms with Crippen molar-refractivity contribution in [2.75, 3.05) is 19.0 Å². The number of fused-ring (bicyclic) bond motifs is 1. The van der Waals surface area contributed by atoms with E-state index < -0.39 is 0 Å². The zero-order valence-electron chi connectivity index (χ0n) is 10.7. The topological polar surface area (TPSA) is 38.3 Å². The van der Waals surface area contributed by atoms with Crippen LogP contribution in [0.3, 0.4) is 0 Å². The van der Waals surface area contributed by atoms with Gasteiger partial charge in [0.05, 0.1) is 0 Å². The number of hydrogen-bond acceptors (Lipinski definition) is 2. The number of ether oxygens (including phenoxy) is 1. The third-order valence-corrected chi connectivity index (χ3v) is 3.84. The molecular formula is C14H18ClNO2. The lowest BCUT2D eigenvalue weighted by molar-refractivity contribution is -0.123. The van der Waals surface area contributed by atoms with Gasteiger partial charge in [0.15, 0.2) is 0 Å². The highest BCUT2D eigenvalue weighted by molar-refractivity contribution is 6.18. The van der Waals surface area contributed by atoms with Crippen LogP contribution in [0, 0.1) is 5.41 Å². The van der Waals surface area contributed by atoms with E-state index in [0.717, 1.165) is 11.3 Å². The summed E-state index contributed by atoms with van der Waals surface area (Å²) in [5.41, 5.74) is 0.884. The summed E-state index contributed by atoms with van der Waals surface area (Å²) in [6.45, 7) is 5.05. The minimum absolute atomic E-state index is 0.0122. The first-order valence-corrected chi connectivity index (χ1v) is 6.62. The fourth-order valence-corrected chi connectivity index (χ4v) is 1.97. The molecule has 0 fully saturated rings. The van der Waals surface area contributed by atoms with Gasteiger partial charge in [0.2, 0.25) is 5.91 Å². The highest BCUT2D eigenvalue weighted by Crippen LogP contribution is 2.33. The highest BCUT2D eigenvalue weighted by atomic mass is 35.5. The Balaban J connectivity index is 2.00. The highest BCUT2D eigenvalue weighted by Gasteiger charge is 2.30. The lowest BCUT2D eigenvalue weighted by Gasteiger charge is -2.22. The molecule has 0 aliphatic carbocycles. The molecule has 1 unspecified atom stereocenters. The van der Waals surface area contributed by atoms with Crippen molar-refractivity contribution in [1.82, 2.24) is 5.32 Å². The van der Waals surface area contributed by atoms with E-state index in [9.17, 15) is 4.79 Å². The minimum Gasteiger partial charge on any atom is -0.492 e. The first-order chi connectivity index (χ1) is 8.53. The summed E-state index contributed by atoms with van der Waals surface area (Å²) in [5.74, 6) is 1.14. The molecule has 1 atom stereocenters. The molecule has 1 heterocycles. The van der Waals surface area contributed by atoms with Crippen molar-refractivity contribution in [3.63, 3.8) is 0 Å². The quantitative estimate of drug-likeness (QED) is 0.852. The molecule has 2 rings (SSSR count). The number of benzene rings is 1. The molecule has 1 aliphatic heterocycles. The minimum atomic E-state index is -0.202. The predicted octanol–water partition coefficient (Wildman–Crippen LogP) is 2.54. The van der Waals surface area contributed by atoms with Crippen molar-refractivity contribution >= 4 is 17.5 Å². The summed E-state index contributed by atoms with van der Waals surface area (Å²) in [5, 5.41) is 2.95. The number of para-hydroxylation sites is 1. The molecule has 4 heteroatoms. The molecule has 1 aromatic carbocycles. The molecule has 0 bridgehead atoms. The van der Waals surface area contributed by atoms with Crippen molar-refractivity contribution in [3.05, 3.63) is 29.8 Å². The van der Waals surface area contributed by atoms with E-state index in [1.165, 1.54) is 0 Å². The smallest absolute Gasteiger partial charge is 0.231 e. The number of halogens is 1. The molecule has 0 spiro atoms. The monoisotopic (exact) mass is 267 g/mol. The van der Waals surface area contributed by atoms with Crippen molar-refractivity contribution in [2.45, 2.75) is 19.8 Å². The number of rotatable bonds is 4. The van der Waals surface area contributed by atoms with Crippen LogP contribution in [0.2, 0.25) is 0 Å². The van der Waals surface area contributed by atoms with Crippen LogP contribution in [0.4, 0.5) is 0 Å². The molecule has 3 nitrogen and oxygen atoms in total. The lowest BCUT2D eigenvalue weighted by Crippen LogP contribution is -2.38. The first-order valence-electron chi connectivity index (χ1n) is 6.09. The standard InChI is InChI=1S/C14H18ClNO2/c1-14(2,8-15)9-16-13(17)11-7-18-12-6-4-3-5-10(11)12/h3-6,11H,7-9H2,1-2H3,(H,16,17). The molecule has 0 saturated carbocycles. The van der Waals surface area contributed by atoms with Crippen LogP contribution in [0.15, 0.2) is 24.3 Å². The Morgan fingerprint density at radius 2 is 2.22 bits per heavy atom. The summed E-state index contributed by atoms with van der Waals surface area (Å²) >= 11 is 5.84. The molecule has 1 amide bonds. The van der Waals surface area contributed by atoms with Gasteiger partial charge in [-0.25, -0.2) is 0 Å². The summed E-state index contributed by atoms with van der Waals surface area (Å²) < 4.78 is 5.50. The Hall–Kier alpha value is -1.22. The van der Waals surface area contributed by atoms with Gasteiger partial charge >= 0.3 is 0 Å². The molecule has 0 saturated heterocycles. The van der Waals surface area contributed by atoms with Crippen LogP contribution in [-0.2, 0) is 4.79 Å². The maximum Gasteiger partial charge on any atom is 0.231 e. The zero-order valence-corrected chi connectivity index (χ0v) is 11.5. The van der Waals surface area contributed by atoms with Crippen LogP contribution in [-0.4, -0.2) is 24.9 Å². The molecule has 1 aliphatic rings. The van der Waals surface area contributed by atoms with Crippen LogP contribution in [0.25, 0.3) is 0 Å². The molecule has 1 aromatic rings. The maximum absolute atomic E-state index is 12.1. The number of nitrogens with one attached hydrogen (secondary N) is 1. The molecule has 18 heavy (non-hydrogen) atoms. The Labute approximate surface area is 112 Å². The predicted molar refractivity (Wildman–Crippen MR) is 72.2 cm³/mol. The largest absolute Gasteiger partial charge is 0.492 e. The third-order valence-electron chi connectivity index (χ3n) is 3.12. The second-order valence-corrected chi connectivity index (χ2v) is 5.68. The van der Waals surface area contributed by atoms with Crippen LogP contribution < -0.4 is 10.1 Å². The molecule has 0 radical (unpaired) electrons. The van der Waals surface area contributed by atoms with Crippen molar-refractivity contribution in [2.24, 2.45) is 5.41 Å². The van der Waals surface area contributed by atoms with Gasteiger partial charge in [-0.15, -0.1) is 11.6 Å². The Morgan fingerprint density at radius 1 is 1.50 bits per heavy atom. The fourth-order valence-electron chi connectivity index (χ4n) is 1.88. The number of carbonyl (C=O) groups excluding carboxylic acids is 1. The van der Waals surface area contributed by atoms with E-state index in [1.807, 2.05) is 38.1 Å². The first kappa shape index (κ1) is 13.2. The van der Waals surface area contributed by atoms with E-state index in [0.29, 0.717) is 19.0 Å². The van der Waals surface area contributed by atoms with E-state index in [2.05, 4.69) is 5.32 Å².